The average Bonchev–Trinajstić information content (AvgIpc) is 2.46. The lowest BCUT2D eigenvalue weighted by Gasteiger charge is -2.08. The van der Waals surface area contributed by atoms with Crippen molar-refractivity contribution in [3.05, 3.63) is 64.0 Å². The molecule has 8 heteroatoms. The quantitative estimate of drug-likeness (QED) is 0.670. The van der Waals surface area contributed by atoms with E-state index in [-0.39, 0.29) is 17.1 Å². The van der Waals surface area contributed by atoms with Crippen molar-refractivity contribution in [3.8, 4) is 0 Å². The van der Waals surface area contributed by atoms with Crippen molar-refractivity contribution < 1.29 is 13.3 Å². The van der Waals surface area contributed by atoms with E-state index in [2.05, 4.69) is 9.71 Å². The molecule has 21 heavy (non-hydrogen) atoms. The highest BCUT2D eigenvalue weighted by Gasteiger charge is 2.20. The van der Waals surface area contributed by atoms with E-state index < -0.39 is 14.9 Å². The number of aromatic nitrogens is 1. The standard InChI is InChI=1S/C13H13N3O4S/c1-10-5-6-12(16(17)18)8-13(10)21(19,20)15-9-11-4-2-3-7-14-11/h2-8,15H,9H2,1H3. The van der Waals surface area contributed by atoms with Crippen molar-refractivity contribution >= 4 is 15.7 Å². The molecule has 1 aromatic carbocycles. The second-order valence-corrected chi connectivity index (χ2v) is 6.09. The number of nitro groups is 1. The van der Waals surface area contributed by atoms with E-state index >= 15 is 0 Å². The van der Waals surface area contributed by atoms with Gasteiger partial charge < -0.3 is 0 Å². The zero-order chi connectivity index (χ0) is 15.5. The number of rotatable bonds is 5. The molecule has 1 heterocycles. The van der Waals surface area contributed by atoms with E-state index in [1.54, 1.807) is 31.3 Å². The monoisotopic (exact) mass is 307 g/mol. The number of hydrogen-bond acceptors (Lipinski definition) is 5. The van der Waals surface area contributed by atoms with E-state index in [0.29, 0.717) is 11.3 Å². The third kappa shape index (κ3) is 3.61. The fourth-order valence-electron chi connectivity index (χ4n) is 1.74. The number of aryl methyl sites for hydroxylation is 1. The molecule has 2 aromatic rings. The molecule has 0 radical (unpaired) electrons. The Hall–Kier alpha value is -2.32. The van der Waals surface area contributed by atoms with Gasteiger partial charge in [0.2, 0.25) is 10.0 Å². The van der Waals surface area contributed by atoms with Crippen molar-refractivity contribution in [2.24, 2.45) is 0 Å². The Balaban J connectivity index is 2.27. The summed E-state index contributed by atoms with van der Waals surface area (Å²) in [6.07, 6.45) is 1.56. The predicted octanol–water partition coefficient (Wildman–Crippen LogP) is 1.78. The fraction of sp³-hybridized carbons (Fsp3) is 0.154. The van der Waals surface area contributed by atoms with Crippen molar-refractivity contribution in [1.29, 1.82) is 0 Å². The molecule has 0 bridgehead atoms. The maximum atomic E-state index is 12.2. The van der Waals surface area contributed by atoms with Gasteiger partial charge in [0.1, 0.15) is 0 Å². The van der Waals surface area contributed by atoms with Crippen LogP contribution in [0.15, 0.2) is 47.5 Å². The Morgan fingerprint density at radius 2 is 2.05 bits per heavy atom. The second-order valence-electron chi connectivity index (χ2n) is 4.35. The van der Waals surface area contributed by atoms with E-state index in [9.17, 15) is 18.5 Å². The summed E-state index contributed by atoms with van der Waals surface area (Å²) in [5, 5.41) is 10.8. The normalized spacial score (nSPS) is 11.3. The zero-order valence-electron chi connectivity index (χ0n) is 11.2. The van der Waals surface area contributed by atoms with Crippen LogP contribution >= 0.6 is 0 Å². The number of benzene rings is 1. The SMILES string of the molecule is Cc1ccc([N+](=O)[O-])cc1S(=O)(=O)NCc1ccccn1. The molecular weight excluding hydrogens is 294 g/mol. The van der Waals surface area contributed by atoms with Gasteiger partial charge in [0.15, 0.2) is 0 Å². The summed E-state index contributed by atoms with van der Waals surface area (Å²) in [5.41, 5.74) is 0.733. The van der Waals surface area contributed by atoms with Gasteiger partial charge in [-0.25, -0.2) is 13.1 Å². The Bertz CT molecular complexity index is 760. The van der Waals surface area contributed by atoms with Crippen LogP contribution in [-0.4, -0.2) is 18.3 Å². The van der Waals surface area contributed by atoms with Crippen LogP contribution in [0.25, 0.3) is 0 Å². The topological polar surface area (TPSA) is 102 Å². The molecule has 0 atom stereocenters. The van der Waals surface area contributed by atoms with Crippen molar-refractivity contribution in [2.45, 2.75) is 18.4 Å². The summed E-state index contributed by atoms with van der Waals surface area (Å²) in [6, 6.07) is 8.89. The second kappa shape index (κ2) is 5.98. The van der Waals surface area contributed by atoms with E-state index in [4.69, 9.17) is 0 Å². The van der Waals surface area contributed by atoms with Crippen LogP contribution in [0, 0.1) is 17.0 Å². The van der Waals surface area contributed by atoms with Crippen LogP contribution in [0.5, 0.6) is 0 Å². The molecule has 1 aromatic heterocycles. The van der Waals surface area contributed by atoms with Crippen molar-refractivity contribution in [1.82, 2.24) is 9.71 Å². The molecule has 110 valence electrons. The fourth-order valence-corrected chi connectivity index (χ4v) is 3.00. The minimum absolute atomic E-state index is 0.0192. The lowest BCUT2D eigenvalue weighted by molar-refractivity contribution is -0.385. The van der Waals surface area contributed by atoms with Crippen LogP contribution in [0.4, 0.5) is 5.69 Å². The van der Waals surface area contributed by atoms with Crippen LogP contribution in [0.3, 0.4) is 0 Å². The summed E-state index contributed by atoms with van der Waals surface area (Å²) in [6.45, 7) is 1.60. The third-order valence-electron chi connectivity index (χ3n) is 2.84. The third-order valence-corrected chi connectivity index (χ3v) is 4.38. The Labute approximate surface area is 121 Å². The molecule has 0 aliphatic heterocycles. The first-order valence-electron chi connectivity index (χ1n) is 6.05. The number of nitrogens with zero attached hydrogens (tertiary/aromatic N) is 2. The molecule has 0 unspecified atom stereocenters. The maximum Gasteiger partial charge on any atom is 0.270 e. The highest BCUT2D eigenvalue weighted by Crippen LogP contribution is 2.21. The van der Waals surface area contributed by atoms with Gasteiger partial charge in [-0.3, -0.25) is 15.1 Å². The summed E-state index contributed by atoms with van der Waals surface area (Å²) >= 11 is 0. The first-order valence-corrected chi connectivity index (χ1v) is 7.53. The number of nitro benzene ring substituents is 1. The lowest BCUT2D eigenvalue weighted by Crippen LogP contribution is -2.24. The van der Waals surface area contributed by atoms with Gasteiger partial charge in [-0.2, -0.15) is 0 Å². The molecule has 0 aliphatic carbocycles. The molecule has 1 N–H and O–H groups in total. The molecule has 2 rings (SSSR count). The minimum Gasteiger partial charge on any atom is -0.260 e. The molecule has 0 spiro atoms. The Kier molecular flexibility index (Phi) is 4.29. The maximum absolute atomic E-state index is 12.2. The molecule has 0 fully saturated rings. The molecular formula is C13H13N3O4S. The van der Waals surface area contributed by atoms with E-state index in [0.717, 1.165) is 6.07 Å². The van der Waals surface area contributed by atoms with Gasteiger partial charge in [-0.1, -0.05) is 12.1 Å². The van der Waals surface area contributed by atoms with Gasteiger partial charge in [-0.15, -0.1) is 0 Å². The molecule has 0 saturated heterocycles. The van der Waals surface area contributed by atoms with E-state index in [1.807, 2.05) is 0 Å². The summed E-state index contributed by atoms with van der Waals surface area (Å²) < 4.78 is 26.9. The van der Waals surface area contributed by atoms with Gasteiger partial charge in [0, 0.05) is 18.3 Å². The van der Waals surface area contributed by atoms with Gasteiger partial charge >= 0.3 is 0 Å². The van der Waals surface area contributed by atoms with Crippen LogP contribution in [0.1, 0.15) is 11.3 Å². The smallest absolute Gasteiger partial charge is 0.260 e. The first kappa shape index (κ1) is 15.1. The van der Waals surface area contributed by atoms with Gasteiger partial charge in [0.05, 0.1) is 22.1 Å². The lowest BCUT2D eigenvalue weighted by atomic mass is 10.2. The number of sulfonamides is 1. The van der Waals surface area contributed by atoms with Gasteiger partial charge in [0.25, 0.3) is 5.69 Å². The number of hydrogen-bond donors (Lipinski definition) is 1. The van der Waals surface area contributed by atoms with Crippen molar-refractivity contribution in [3.63, 3.8) is 0 Å². The predicted molar refractivity (Wildman–Crippen MR) is 76.1 cm³/mol. The summed E-state index contributed by atoms with van der Waals surface area (Å²) in [7, 11) is -3.84. The number of nitrogens with one attached hydrogen (secondary N) is 1. The van der Waals surface area contributed by atoms with Crippen LogP contribution in [0.2, 0.25) is 0 Å². The molecule has 0 aliphatic rings. The molecule has 0 saturated carbocycles. The average molecular weight is 307 g/mol. The Morgan fingerprint density at radius 1 is 1.29 bits per heavy atom. The van der Waals surface area contributed by atoms with Gasteiger partial charge in [-0.05, 0) is 24.6 Å². The Morgan fingerprint density at radius 3 is 2.67 bits per heavy atom. The van der Waals surface area contributed by atoms with Crippen molar-refractivity contribution in [2.75, 3.05) is 0 Å². The summed E-state index contributed by atoms with van der Waals surface area (Å²) in [5.74, 6) is 0. The highest BCUT2D eigenvalue weighted by molar-refractivity contribution is 7.89. The zero-order valence-corrected chi connectivity index (χ0v) is 12.0. The molecule has 7 nitrogen and oxygen atoms in total. The number of non-ortho nitro benzene ring substituents is 1. The van der Waals surface area contributed by atoms with Crippen LogP contribution in [-0.2, 0) is 16.6 Å². The number of pyridine rings is 1. The highest BCUT2D eigenvalue weighted by atomic mass is 32.2. The van der Waals surface area contributed by atoms with Crippen LogP contribution < -0.4 is 4.72 Å². The first-order chi connectivity index (χ1) is 9.90. The molecule has 0 amide bonds. The summed E-state index contributed by atoms with van der Waals surface area (Å²) in [4.78, 5) is 14.0. The van der Waals surface area contributed by atoms with E-state index in [1.165, 1.54) is 12.1 Å². The minimum atomic E-state index is -3.84. The largest absolute Gasteiger partial charge is 0.270 e.